The maximum absolute atomic E-state index is 11.9. The van der Waals surface area contributed by atoms with Crippen LogP contribution in [0.2, 0.25) is 0 Å². The summed E-state index contributed by atoms with van der Waals surface area (Å²) in [5.41, 5.74) is 5.85. The fourth-order valence-electron chi connectivity index (χ4n) is 2.43. The fraction of sp³-hybridized carbons (Fsp3) is 0.538. The van der Waals surface area contributed by atoms with Gasteiger partial charge < -0.3 is 10.7 Å². The number of carbonyl (C=O) groups is 2. The number of likely N-dealkylation sites (tertiary alicyclic amines) is 1. The summed E-state index contributed by atoms with van der Waals surface area (Å²) < 4.78 is 0. The Balaban J connectivity index is 1.77. The number of Topliss-reactive ketones (excluding diaryl/α,β-unsaturated/α-hetero) is 1. The number of nitrogens with two attached hydrogens (primary N) is 1. The number of piperidine rings is 1. The molecular formula is C13H19N3O2. The van der Waals surface area contributed by atoms with Gasteiger partial charge >= 0.3 is 0 Å². The van der Waals surface area contributed by atoms with Crippen molar-refractivity contribution in [2.45, 2.75) is 19.3 Å². The number of nitrogens with zero attached hydrogens (tertiary/aromatic N) is 1. The zero-order valence-electron chi connectivity index (χ0n) is 10.4. The van der Waals surface area contributed by atoms with Gasteiger partial charge in [-0.25, -0.2) is 0 Å². The van der Waals surface area contributed by atoms with Crippen molar-refractivity contribution >= 4 is 11.7 Å². The van der Waals surface area contributed by atoms with Gasteiger partial charge in [0.25, 0.3) is 0 Å². The molecule has 1 fully saturated rings. The third-order valence-corrected chi connectivity index (χ3v) is 3.46. The Bertz CT molecular complexity index is 406. The summed E-state index contributed by atoms with van der Waals surface area (Å²) in [7, 11) is 0. The predicted molar refractivity (Wildman–Crippen MR) is 68.1 cm³/mol. The molecular weight excluding hydrogens is 230 g/mol. The smallest absolute Gasteiger partial charge is 0.217 e. The Hall–Kier alpha value is -1.62. The van der Waals surface area contributed by atoms with E-state index in [2.05, 4.69) is 9.88 Å². The molecule has 0 radical (unpaired) electrons. The number of hydrogen-bond acceptors (Lipinski definition) is 3. The summed E-state index contributed by atoms with van der Waals surface area (Å²) in [5, 5.41) is 0. The SMILES string of the molecule is NC(=O)CC1CCN(CC(=O)c2ccc[nH]2)CC1. The summed E-state index contributed by atoms with van der Waals surface area (Å²) in [5.74, 6) is 0.281. The van der Waals surface area contributed by atoms with Crippen LogP contribution in [0.3, 0.4) is 0 Å². The normalized spacial score (nSPS) is 17.8. The molecule has 0 aromatic carbocycles. The van der Waals surface area contributed by atoms with Crippen LogP contribution in [-0.2, 0) is 4.79 Å². The number of carbonyl (C=O) groups excluding carboxylic acids is 2. The van der Waals surface area contributed by atoms with Gasteiger partial charge in [0, 0.05) is 12.6 Å². The number of primary amides is 1. The molecule has 1 saturated heterocycles. The molecule has 1 aromatic heterocycles. The van der Waals surface area contributed by atoms with Crippen molar-refractivity contribution in [2.75, 3.05) is 19.6 Å². The lowest BCUT2D eigenvalue weighted by Crippen LogP contribution is -2.38. The number of H-pyrrole nitrogens is 1. The first kappa shape index (κ1) is 12.8. The number of amides is 1. The van der Waals surface area contributed by atoms with E-state index in [0.717, 1.165) is 25.9 Å². The van der Waals surface area contributed by atoms with E-state index >= 15 is 0 Å². The van der Waals surface area contributed by atoms with Gasteiger partial charge in [-0.05, 0) is 44.0 Å². The molecule has 5 heteroatoms. The average molecular weight is 249 g/mol. The summed E-state index contributed by atoms with van der Waals surface area (Å²) in [6.07, 6.45) is 4.12. The Kier molecular flexibility index (Phi) is 4.15. The molecule has 3 N–H and O–H groups in total. The first-order valence-corrected chi connectivity index (χ1v) is 6.32. The molecule has 0 aliphatic carbocycles. The largest absolute Gasteiger partial charge is 0.370 e. The number of nitrogens with one attached hydrogen (secondary N) is 1. The second kappa shape index (κ2) is 5.82. The third-order valence-electron chi connectivity index (χ3n) is 3.46. The Morgan fingerprint density at radius 2 is 2.11 bits per heavy atom. The molecule has 98 valence electrons. The quantitative estimate of drug-likeness (QED) is 0.757. The van der Waals surface area contributed by atoms with Gasteiger partial charge in [0.1, 0.15) is 0 Å². The Morgan fingerprint density at radius 1 is 1.39 bits per heavy atom. The molecule has 1 amide bonds. The number of aromatic amines is 1. The monoisotopic (exact) mass is 249 g/mol. The fourth-order valence-corrected chi connectivity index (χ4v) is 2.43. The number of aromatic nitrogens is 1. The van der Waals surface area contributed by atoms with Crippen LogP contribution in [0.5, 0.6) is 0 Å². The topological polar surface area (TPSA) is 79.2 Å². The molecule has 2 rings (SSSR count). The van der Waals surface area contributed by atoms with Crippen molar-refractivity contribution in [1.29, 1.82) is 0 Å². The lowest BCUT2D eigenvalue weighted by molar-refractivity contribution is -0.119. The second-order valence-electron chi connectivity index (χ2n) is 4.90. The molecule has 1 aliphatic heterocycles. The minimum atomic E-state index is -0.226. The van der Waals surface area contributed by atoms with E-state index in [1.54, 1.807) is 12.3 Å². The Morgan fingerprint density at radius 3 is 2.67 bits per heavy atom. The molecule has 0 unspecified atom stereocenters. The first-order valence-electron chi connectivity index (χ1n) is 6.32. The molecule has 18 heavy (non-hydrogen) atoms. The van der Waals surface area contributed by atoms with E-state index in [1.807, 2.05) is 6.07 Å². The highest BCUT2D eigenvalue weighted by Crippen LogP contribution is 2.20. The predicted octanol–water partition coefficient (Wildman–Crippen LogP) is 0.785. The summed E-state index contributed by atoms with van der Waals surface area (Å²) in [6.45, 7) is 2.18. The number of rotatable bonds is 5. The van der Waals surface area contributed by atoms with Crippen LogP contribution in [0.15, 0.2) is 18.3 Å². The van der Waals surface area contributed by atoms with E-state index in [1.165, 1.54) is 0 Å². The van der Waals surface area contributed by atoms with E-state index in [4.69, 9.17) is 5.73 Å². The van der Waals surface area contributed by atoms with E-state index in [-0.39, 0.29) is 11.7 Å². The molecule has 2 heterocycles. The number of ketones is 1. The molecule has 0 atom stereocenters. The van der Waals surface area contributed by atoms with Crippen molar-refractivity contribution < 1.29 is 9.59 Å². The molecule has 0 saturated carbocycles. The van der Waals surface area contributed by atoms with Gasteiger partial charge in [-0.3, -0.25) is 14.5 Å². The summed E-state index contributed by atoms with van der Waals surface area (Å²) in [4.78, 5) is 27.8. The first-order chi connectivity index (χ1) is 8.65. The van der Waals surface area contributed by atoms with Crippen LogP contribution in [0, 0.1) is 5.92 Å². The van der Waals surface area contributed by atoms with Crippen LogP contribution in [0.4, 0.5) is 0 Å². The summed E-state index contributed by atoms with van der Waals surface area (Å²) in [6, 6.07) is 3.62. The van der Waals surface area contributed by atoms with Crippen molar-refractivity contribution in [1.82, 2.24) is 9.88 Å². The molecule has 1 aromatic rings. The minimum absolute atomic E-state index is 0.119. The van der Waals surface area contributed by atoms with Gasteiger partial charge in [0.2, 0.25) is 5.91 Å². The summed E-state index contributed by atoms with van der Waals surface area (Å²) >= 11 is 0. The van der Waals surface area contributed by atoms with Crippen molar-refractivity contribution in [3.8, 4) is 0 Å². The zero-order valence-corrected chi connectivity index (χ0v) is 10.4. The van der Waals surface area contributed by atoms with Crippen LogP contribution < -0.4 is 5.73 Å². The van der Waals surface area contributed by atoms with Crippen molar-refractivity contribution in [3.05, 3.63) is 24.0 Å². The van der Waals surface area contributed by atoms with E-state index in [9.17, 15) is 9.59 Å². The van der Waals surface area contributed by atoms with Crippen LogP contribution in [0.25, 0.3) is 0 Å². The molecule has 5 nitrogen and oxygen atoms in total. The maximum Gasteiger partial charge on any atom is 0.217 e. The standard InChI is InChI=1S/C13H19N3O2/c14-13(18)8-10-3-6-16(7-4-10)9-12(17)11-2-1-5-15-11/h1-2,5,10,15H,3-4,6-9H2,(H2,14,18). The number of hydrogen-bond donors (Lipinski definition) is 2. The third kappa shape index (κ3) is 3.43. The molecule has 0 spiro atoms. The lowest BCUT2D eigenvalue weighted by Gasteiger charge is -2.30. The van der Waals surface area contributed by atoms with Gasteiger partial charge in [-0.15, -0.1) is 0 Å². The van der Waals surface area contributed by atoms with E-state index in [0.29, 0.717) is 24.6 Å². The highest BCUT2D eigenvalue weighted by molar-refractivity contribution is 5.95. The second-order valence-corrected chi connectivity index (χ2v) is 4.90. The van der Waals surface area contributed by atoms with Crippen molar-refractivity contribution in [3.63, 3.8) is 0 Å². The van der Waals surface area contributed by atoms with Crippen LogP contribution in [0.1, 0.15) is 29.8 Å². The molecule has 0 bridgehead atoms. The van der Waals surface area contributed by atoms with E-state index < -0.39 is 0 Å². The van der Waals surface area contributed by atoms with Gasteiger partial charge in [-0.2, -0.15) is 0 Å². The van der Waals surface area contributed by atoms with Crippen LogP contribution in [-0.4, -0.2) is 41.2 Å². The lowest BCUT2D eigenvalue weighted by atomic mass is 9.93. The Labute approximate surface area is 106 Å². The van der Waals surface area contributed by atoms with Gasteiger partial charge in [0.05, 0.1) is 12.2 Å². The zero-order chi connectivity index (χ0) is 13.0. The maximum atomic E-state index is 11.9. The molecule has 1 aliphatic rings. The highest BCUT2D eigenvalue weighted by atomic mass is 16.1. The van der Waals surface area contributed by atoms with Crippen molar-refractivity contribution in [2.24, 2.45) is 11.7 Å². The minimum Gasteiger partial charge on any atom is -0.370 e. The van der Waals surface area contributed by atoms with Crippen LogP contribution >= 0.6 is 0 Å². The van der Waals surface area contributed by atoms with Gasteiger partial charge in [-0.1, -0.05) is 0 Å². The average Bonchev–Trinajstić information content (AvgIpc) is 2.84. The van der Waals surface area contributed by atoms with Gasteiger partial charge in [0.15, 0.2) is 5.78 Å². The highest BCUT2D eigenvalue weighted by Gasteiger charge is 2.22.